The summed E-state index contributed by atoms with van der Waals surface area (Å²) in [6.07, 6.45) is 0.644. The number of amides is 2. The molecule has 2 aromatic rings. The van der Waals surface area contributed by atoms with Crippen molar-refractivity contribution >= 4 is 17.7 Å². The fraction of sp³-hybridized carbons (Fsp3) is 0.364. The highest BCUT2D eigenvalue weighted by atomic mass is 16.6. The molecule has 2 unspecified atom stereocenters. The topological polar surface area (TPSA) is 99.0 Å². The minimum atomic E-state index is -0.639. The number of hydrogen-bond donors (Lipinski definition) is 0. The summed E-state index contributed by atoms with van der Waals surface area (Å²) >= 11 is 0. The van der Waals surface area contributed by atoms with Gasteiger partial charge in [-0.3, -0.25) is 14.9 Å². The molecule has 30 heavy (non-hydrogen) atoms. The van der Waals surface area contributed by atoms with E-state index in [-0.39, 0.29) is 36.4 Å². The van der Waals surface area contributed by atoms with Crippen molar-refractivity contribution in [1.82, 2.24) is 4.90 Å². The van der Waals surface area contributed by atoms with E-state index in [4.69, 9.17) is 9.47 Å². The zero-order valence-corrected chi connectivity index (χ0v) is 16.9. The molecule has 0 aromatic heterocycles. The first-order valence-electron chi connectivity index (χ1n) is 9.79. The van der Waals surface area contributed by atoms with Crippen LogP contribution in [0.3, 0.4) is 0 Å². The number of hydrogen-bond acceptors (Lipinski definition) is 6. The molecular formula is C22H24N2O6. The van der Waals surface area contributed by atoms with Gasteiger partial charge in [0, 0.05) is 12.0 Å². The zero-order chi connectivity index (χ0) is 21.7. The number of rotatable bonds is 8. The molecule has 3 rings (SSSR count). The van der Waals surface area contributed by atoms with E-state index in [1.807, 2.05) is 37.3 Å². The van der Waals surface area contributed by atoms with Crippen LogP contribution in [-0.2, 0) is 22.4 Å². The van der Waals surface area contributed by atoms with Crippen LogP contribution in [0.2, 0.25) is 0 Å². The molecule has 2 aromatic carbocycles. The van der Waals surface area contributed by atoms with Gasteiger partial charge in [-0.15, -0.1) is 0 Å². The van der Waals surface area contributed by atoms with Crippen molar-refractivity contribution < 1.29 is 24.0 Å². The molecule has 8 nitrogen and oxygen atoms in total. The highest BCUT2D eigenvalue weighted by Crippen LogP contribution is 2.30. The average molecular weight is 412 g/mol. The van der Waals surface area contributed by atoms with Gasteiger partial charge in [0.25, 0.3) is 0 Å². The molecule has 0 N–H and O–H groups in total. The van der Waals surface area contributed by atoms with Gasteiger partial charge in [0.15, 0.2) is 5.75 Å². The quantitative estimate of drug-likeness (QED) is 0.483. The summed E-state index contributed by atoms with van der Waals surface area (Å²) in [7, 11) is 1.37. The van der Waals surface area contributed by atoms with Crippen molar-refractivity contribution in [3.63, 3.8) is 0 Å². The van der Waals surface area contributed by atoms with E-state index in [0.29, 0.717) is 18.4 Å². The van der Waals surface area contributed by atoms with Gasteiger partial charge in [-0.1, -0.05) is 43.3 Å². The summed E-state index contributed by atoms with van der Waals surface area (Å²) in [6, 6.07) is 13.9. The summed E-state index contributed by atoms with van der Waals surface area (Å²) in [4.78, 5) is 37.5. The molecule has 0 saturated carbocycles. The zero-order valence-electron chi connectivity index (χ0n) is 16.9. The fourth-order valence-corrected chi connectivity index (χ4v) is 3.66. The number of cyclic esters (lactones) is 1. The molecule has 2 atom stereocenters. The maximum absolute atomic E-state index is 13.2. The van der Waals surface area contributed by atoms with E-state index in [2.05, 4.69) is 0 Å². The van der Waals surface area contributed by atoms with Crippen molar-refractivity contribution in [2.45, 2.75) is 32.2 Å². The molecule has 2 amide bonds. The number of methoxy groups -OCH3 is 1. The van der Waals surface area contributed by atoms with Gasteiger partial charge in [0.1, 0.15) is 6.61 Å². The minimum Gasteiger partial charge on any atom is -0.490 e. The number of carbonyl (C=O) groups is 2. The number of nitro benzene ring substituents is 1. The Morgan fingerprint density at radius 3 is 2.63 bits per heavy atom. The number of nitrogens with zero attached hydrogens (tertiary/aromatic N) is 2. The van der Waals surface area contributed by atoms with Crippen molar-refractivity contribution in [3.8, 4) is 5.75 Å². The van der Waals surface area contributed by atoms with Gasteiger partial charge in [-0.25, -0.2) is 9.69 Å². The Morgan fingerprint density at radius 1 is 1.27 bits per heavy atom. The molecule has 0 spiro atoms. The van der Waals surface area contributed by atoms with Crippen molar-refractivity contribution in [1.29, 1.82) is 0 Å². The molecule has 1 aliphatic heterocycles. The Labute approximate surface area is 174 Å². The highest BCUT2D eigenvalue weighted by molar-refractivity contribution is 5.95. The van der Waals surface area contributed by atoms with Crippen LogP contribution in [0.4, 0.5) is 10.5 Å². The van der Waals surface area contributed by atoms with Crippen molar-refractivity contribution in [2.75, 3.05) is 13.7 Å². The first-order chi connectivity index (χ1) is 14.4. The fourth-order valence-electron chi connectivity index (χ4n) is 3.66. The third-order valence-electron chi connectivity index (χ3n) is 5.28. The van der Waals surface area contributed by atoms with E-state index in [9.17, 15) is 19.7 Å². The SMILES string of the molecule is CCC(Cc1ccc(OC)c([N+](=O)[O-])c1)C(=O)N1C(=O)OCC1Cc1ccccc1. The van der Waals surface area contributed by atoms with Crippen LogP contribution >= 0.6 is 0 Å². The first kappa shape index (κ1) is 21.3. The van der Waals surface area contributed by atoms with Crippen LogP contribution < -0.4 is 4.74 Å². The Morgan fingerprint density at radius 2 is 2.00 bits per heavy atom. The van der Waals surface area contributed by atoms with Crippen LogP contribution in [0.15, 0.2) is 48.5 Å². The summed E-state index contributed by atoms with van der Waals surface area (Å²) in [5, 5.41) is 11.3. The molecule has 1 fully saturated rings. The van der Waals surface area contributed by atoms with Gasteiger partial charge in [-0.05, 0) is 36.5 Å². The molecule has 158 valence electrons. The predicted octanol–water partition coefficient (Wildman–Crippen LogP) is 3.76. The smallest absolute Gasteiger partial charge is 0.416 e. The number of imide groups is 1. The summed E-state index contributed by atoms with van der Waals surface area (Å²) < 4.78 is 10.2. The van der Waals surface area contributed by atoms with Crippen LogP contribution in [-0.4, -0.2) is 41.6 Å². The lowest BCUT2D eigenvalue weighted by Crippen LogP contribution is -2.44. The minimum absolute atomic E-state index is 0.153. The monoisotopic (exact) mass is 412 g/mol. The lowest BCUT2D eigenvalue weighted by Gasteiger charge is -2.24. The Hall–Kier alpha value is -3.42. The maximum atomic E-state index is 13.2. The molecule has 8 heteroatoms. The van der Waals surface area contributed by atoms with Gasteiger partial charge in [-0.2, -0.15) is 0 Å². The summed E-state index contributed by atoms with van der Waals surface area (Å²) in [6.45, 7) is 2.01. The van der Waals surface area contributed by atoms with Gasteiger partial charge in [0.2, 0.25) is 5.91 Å². The second kappa shape index (κ2) is 9.39. The largest absolute Gasteiger partial charge is 0.490 e. The first-order valence-corrected chi connectivity index (χ1v) is 9.79. The molecule has 1 heterocycles. The lowest BCUT2D eigenvalue weighted by molar-refractivity contribution is -0.385. The molecular weight excluding hydrogens is 388 g/mol. The van der Waals surface area contributed by atoms with E-state index in [1.54, 1.807) is 6.07 Å². The molecule has 0 aliphatic carbocycles. The van der Waals surface area contributed by atoms with Crippen LogP contribution in [0.25, 0.3) is 0 Å². The number of carbonyl (C=O) groups excluding carboxylic acids is 2. The third-order valence-corrected chi connectivity index (χ3v) is 5.28. The average Bonchev–Trinajstić information content (AvgIpc) is 3.11. The summed E-state index contributed by atoms with van der Waals surface area (Å²) in [5.74, 6) is -0.657. The highest BCUT2D eigenvalue weighted by Gasteiger charge is 2.40. The van der Waals surface area contributed by atoms with E-state index in [0.717, 1.165) is 5.56 Å². The Kier molecular flexibility index (Phi) is 6.66. The van der Waals surface area contributed by atoms with Crippen LogP contribution in [0.1, 0.15) is 24.5 Å². The normalized spacial score (nSPS) is 16.8. The van der Waals surface area contributed by atoms with Crippen molar-refractivity contribution in [2.24, 2.45) is 5.92 Å². The second-order valence-corrected chi connectivity index (χ2v) is 7.20. The number of nitro groups is 1. The standard InChI is InChI=1S/C22H24N2O6/c1-3-17(11-16-9-10-20(29-2)19(13-16)24(27)28)21(25)23-18(14-30-22(23)26)12-15-7-5-4-6-8-15/h4-10,13,17-18H,3,11-12,14H2,1-2H3. The van der Waals surface area contributed by atoms with E-state index < -0.39 is 16.9 Å². The van der Waals surface area contributed by atoms with Crippen LogP contribution in [0, 0.1) is 16.0 Å². The predicted molar refractivity (Wildman–Crippen MR) is 109 cm³/mol. The maximum Gasteiger partial charge on any atom is 0.416 e. The van der Waals surface area contributed by atoms with Gasteiger partial charge in [0.05, 0.1) is 18.1 Å². The van der Waals surface area contributed by atoms with E-state index in [1.165, 1.54) is 24.1 Å². The third kappa shape index (κ3) is 4.59. The van der Waals surface area contributed by atoms with Gasteiger partial charge >= 0.3 is 11.8 Å². The second-order valence-electron chi connectivity index (χ2n) is 7.20. The van der Waals surface area contributed by atoms with Gasteiger partial charge < -0.3 is 9.47 Å². The molecule has 1 aliphatic rings. The number of benzene rings is 2. The van der Waals surface area contributed by atoms with Crippen molar-refractivity contribution in [3.05, 3.63) is 69.8 Å². The molecule has 0 bridgehead atoms. The van der Waals surface area contributed by atoms with Crippen LogP contribution in [0.5, 0.6) is 5.75 Å². The Balaban J connectivity index is 1.78. The van der Waals surface area contributed by atoms with E-state index >= 15 is 0 Å². The lowest BCUT2D eigenvalue weighted by atomic mass is 9.94. The molecule has 0 radical (unpaired) electrons. The molecule has 1 saturated heterocycles. The number of ether oxygens (including phenoxy) is 2. The summed E-state index contributed by atoms with van der Waals surface area (Å²) in [5.41, 5.74) is 1.49. The Bertz CT molecular complexity index is 930.